The summed E-state index contributed by atoms with van der Waals surface area (Å²) < 4.78 is 21.8. The van der Waals surface area contributed by atoms with Crippen molar-refractivity contribution >= 4 is 13.7 Å². The van der Waals surface area contributed by atoms with Gasteiger partial charge in [-0.3, -0.25) is 13.8 Å². The SMILES string of the molecule is CCC/C=C\CCCCCCCC(=O)NC(COP(=O)(O)OCCN)C(O)CCCCCCCCCC. The summed E-state index contributed by atoms with van der Waals surface area (Å²) in [5, 5.41) is 13.5. The molecular formula is C28H57N2O6P. The first-order valence-electron chi connectivity index (χ1n) is 14.8. The Morgan fingerprint density at radius 3 is 2.11 bits per heavy atom. The Labute approximate surface area is 226 Å². The molecule has 0 heterocycles. The van der Waals surface area contributed by atoms with E-state index in [1.54, 1.807) is 0 Å². The van der Waals surface area contributed by atoms with Gasteiger partial charge >= 0.3 is 7.82 Å². The van der Waals surface area contributed by atoms with E-state index in [0.29, 0.717) is 12.8 Å². The van der Waals surface area contributed by atoms with Crippen LogP contribution in [0.15, 0.2) is 12.2 Å². The number of amides is 1. The number of aliphatic hydroxyl groups is 1. The molecule has 0 aromatic heterocycles. The highest BCUT2D eigenvalue weighted by Gasteiger charge is 2.27. The Bertz CT molecular complexity index is 605. The quantitative estimate of drug-likeness (QED) is 0.0520. The summed E-state index contributed by atoms with van der Waals surface area (Å²) in [6.45, 7) is 4.06. The minimum absolute atomic E-state index is 0.0880. The summed E-state index contributed by atoms with van der Waals surface area (Å²) in [5.41, 5.74) is 5.32. The minimum Gasteiger partial charge on any atom is -0.391 e. The summed E-state index contributed by atoms with van der Waals surface area (Å²) in [6.07, 6.45) is 22.3. The van der Waals surface area contributed by atoms with Crippen LogP contribution in [0.2, 0.25) is 0 Å². The summed E-state index contributed by atoms with van der Waals surface area (Å²) in [4.78, 5) is 22.3. The molecule has 0 aliphatic heterocycles. The molecule has 0 aromatic rings. The molecule has 8 nitrogen and oxygen atoms in total. The van der Waals surface area contributed by atoms with Crippen molar-refractivity contribution in [1.82, 2.24) is 5.32 Å². The number of rotatable bonds is 27. The number of phosphoric acid groups is 1. The highest BCUT2D eigenvalue weighted by Crippen LogP contribution is 2.43. The molecule has 0 radical (unpaired) electrons. The van der Waals surface area contributed by atoms with Crippen LogP contribution in [0.4, 0.5) is 0 Å². The van der Waals surface area contributed by atoms with Gasteiger partial charge < -0.3 is 21.1 Å². The molecule has 0 rings (SSSR count). The zero-order chi connectivity index (χ0) is 27.6. The lowest BCUT2D eigenvalue weighted by Gasteiger charge is -2.25. The maximum Gasteiger partial charge on any atom is 0.472 e. The van der Waals surface area contributed by atoms with Crippen LogP contribution in [0.3, 0.4) is 0 Å². The highest BCUT2D eigenvalue weighted by molar-refractivity contribution is 7.47. The van der Waals surface area contributed by atoms with Crippen LogP contribution in [0.1, 0.15) is 129 Å². The van der Waals surface area contributed by atoms with Gasteiger partial charge in [-0.2, -0.15) is 0 Å². The number of carbonyl (C=O) groups is 1. The van der Waals surface area contributed by atoms with Crippen LogP contribution >= 0.6 is 7.82 Å². The Balaban J connectivity index is 4.42. The largest absolute Gasteiger partial charge is 0.472 e. The highest BCUT2D eigenvalue weighted by atomic mass is 31.2. The van der Waals surface area contributed by atoms with E-state index in [0.717, 1.165) is 57.8 Å². The van der Waals surface area contributed by atoms with E-state index in [2.05, 4.69) is 31.3 Å². The van der Waals surface area contributed by atoms with E-state index in [-0.39, 0.29) is 25.7 Å². The molecule has 1 amide bonds. The number of unbranched alkanes of at least 4 members (excludes halogenated alkanes) is 13. The van der Waals surface area contributed by atoms with Gasteiger partial charge in [0.15, 0.2) is 0 Å². The minimum atomic E-state index is -4.29. The van der Waals surface area contributed by atoms with Crippen molar-refractivity contribution < 1.29 is 28.4 Å². The Morgan fingerprint density at radius 1 is 0.865 bits per heavy atom. The van der Waals surface area contributed by atoms with E-state index >= 15 is 0 Å². The van der Waals surface area contributed by atoms with Crippen molar-refractivity contribution in [2.24, 2.45) is 5.73 Å². The number of hydrogen-bond acceptors (Lipinski definition) is 6. The van der Waals surface area contributed by atoms with Crippen molar-refractivity contribution in [3.8, 4) is 0 Å². The molecule has 0 fully saturated rings. The van der Waals surface area contributed by atoms with E-state index in [1.807, 2.05) is 0 Å². The number of aliphatic hydroxyl groups excluding tert-OH is 1. The summed E-state index contributed by atoms with van der Waals surface area (Å²) in [5.74, 6) is -0.179. The number of phosphoric ester groups is 1. The second-order valence-electron chi connectivity index (χ2n) is 9.96. The molecule has 0 saturated heterocycles. The first-order chi connectivity index (χ1) is 17.9. The molecule has 3 unspecified atom stereocenters. The fourth-order valence-corrected chi connectivity index (χ4v) is 4.84. The predicted octanol–water partition coefficient (Wildman–Crippen LogP) is 6.54. The molecular weight excluding hydrogens is 491 g/mol. The first-order valence-corrected chi connectivity index (χ1v) is 16.3. The van der Waals surface area contributed by atoms with Crippen LogP contribution < -0.4 is 11.1 Å². The van der Waals surface area contributed by atoms with Crippen LogP contribution in [0.25, 0.3) is 0 Å². The number of allylic oxidation sites excluding steroid dienone is 2. The van der Waals surface area contributed by atoms with Crippen LogP contribution in [-0.2, 0) is 18.4 Å². The first kappa shape index (κ1) is 36.2. The topological polar surface area (TPSA) is 131 Å². The number of nitrogens with two attached hydrogens (primary N) is 1. The molecule has 0 aliphatic rings. The molecule has 220 valence electrons. The molecule has 0 aliphatic carbocycles. The molecule has 5 N–H and O–H groups in total. The lowest BCUT2D eigenvalue weighted by Crippen LogP contribution is -2.46. The zero-order valence-electron chi connectivity index (χ0n) is 23.7. The number of carbonyl (C=O) groups excluding carboxylic acids is 1. The van der Waals surface area contributed by atoms with Gasteiger partial charge in [0, 0.05) is 13.0 Å². The van der Waals surface area contributed by atoms with Crippen molar-refractivity contribution in [3.63, 3.8) is 0 Å². The average Bonchev–Trinajstić information content (AvgIpc) is 2.87. The summed E-state index contributed by atoms with van der Waals surface area (Å²) in [6, 6.07) is -0.770. The molecule has 0 saturated carbocycles. The Morgan fingerprint density at radius 2 is 1.46 bits per heavy atom. The molecule has 0 aromatic carbocycles. The maximum atomic E-state index is 12.5. The lowest BCUT2D eigenvalue weighted by atomic mass is 10.0. The second kappa shape index (κ2) is 25.5. The smallest absolute Gasteiger partial charge is 0.391 e. The van der Waals surface area contributed by atoms with Gasteiger partial charge in [-0.25, -0.2) is 4.57 Å². The monoisotopic (exact) mass is 548 g/mol. The third kappa shape index (κ3) is 24.0. The average molecular weight is 549 g/mol. The molecule has 0 spiro atoms. The fourth-order valence-electron chi connectivity index (χ4n) is 4.08. The zero-order valence-corrected chi connectivity index (χ0v) is 24.6. The van der Waals surface area contributed by atoms with Crippen molar-refractivity contribution in [3.05, 3.63) is 12.2 Å². The lowest BCUT2D eigenvalue weighted by molar-refractivity contribution is -0.123. The molecule has 37 heavy (non-hydrogen) atoms. The summed E-state index contributed by atoms with van der Waals surface area (Å²) >= 11 is 0. The molecule has 3 atom stereocenters. The van der Waals surface area contributed by atoms with Crippen LogP contribution in [0.5, 0.6) is 0 Å². The molecule has 0 bridgehead atoms. The molecule has 9 heteroatoms. The fraction of sp³-hybridized carbons (Fsp3) is 0.893. The second-order valence-corrected chi connectivity index (χ2v) is 11.4. The van der Waals surface area contributed by atoms with Gasteiger partial charge in [0.2, 0.25) is 5.91 Å². The van der Waals surface area contributed by atoms with E-state index in [9.17, 15) is 19.4 Å². The van der Waals surface area contributed by atoms with Crippen molar-refractivity contribution in [2.45, 2.75) is 142 Å². The van der Waals surface area contributed by atoms with Crippen LogP contribution in [-0.4, -0.2) is 47.8 Å². The third-order valence-electron chi connectivity index (χ3n) is 6.35. The number of hydrogen-bond donors (Lipinski definition) is 4. The van der Waals surface area contributed by atoms with Gasteiger partial charge in [0.25, 0.3) is 0 Å². The van der Waals surface area contributed by atoms with E-state index in [1.165, 1.54) is 44.9 Å². The van der Waals surface area contributed by atoms with Gasteiger partial charge in [-0.05, 0) is 32.1 Å². The summed E-state index contributed by atoms with van der Waals surface area (Å²) in [7, 11) is -4.29. The van der Waals surface area contributed by atoms with Gasteiger partial charge in [-0.1, -0.05) is 103 Å². The Hall–Kier alpha value is -0.760. The van der Waals surface area contributed by atoms with Gasteiger partial charge in [-0.15, -0.1) is 0 Å². The third-order valence-corrected chi connectivity index (χ3v) is 7.33. The van der Waals surface area contributed by atoms with Crippen LogP contribution in [0, 0.1) is 0 Å². The number of nitrogens with one attached hydrogen (secondary N) is 1. The maximum absolute atomic E-state index is 12.5. The standard InChI is InChI=1S/C28H57N2O6P/c1-3-5-7-9-11-13-14-16-18-20-22-28(32)30-26(25-36-37(33,34)35-24-23-29)27(31)21-19-17-15-12-10-8-6-4-2/h7,9,26-27,31H,3-6,8,10-25,29H2,1-2H3,(H,30,32)(H,33,34)/b9-7-. The van der Waals surface area contributed by atoms with Crippen molar-refractivity contribution in [1.29, 1.82) is 0 Å². The van der Waals surface area contributed by atoms with E-state index in [4.69, 9.17) is 14.8 Å². The van der Waals surface area contributed by atoms with Gasteiger partial charge in [0.1, 0.15) is 0 Å². The van der Waals surface area contributed by atoms with Gasteiger partial charge in [0.05, 0.1) is 25.4 Å². The Kier molecular flexibility index (Phi) is 25.0. The predicted molar refractivity (Wildman–Crippen MR) is 152 cm³/mol. The van der Waals surface area contributed by atoms with Crippen molar-refractivity contribution in [2.75, 3.05) is 19.8 Å². The normalized spacial score (nSPS) is 15.1. The van der Waals surface area contributed by atoms with E-state index < -0.39 is 20.0 Å².